The number of aromatic amines is 1. The first kappa shape index (κ1) is 17.3. The number of primary amides is 1. The molecular weight excluding hydrogens is 330 g/mol. The molecule has 25 heavy (non-hydrogen) atoms. The predicted molar refractivity (Wildman–Crippen MR) is 103 cm³/mol. The molecule has 0 aliphatic rings. The number of imidazole rings is 1. The molecular formula is C20H21N3OS. The molecule has 0 aliphatic carbocycles. The summed E-state index contributed by atoms with van der Waals surface area (Å²) >= 11 is 1.34. The van der Waals surface area contributed by atoms with Crippen LogP contribution in [0.4, 0.5) is 0 Å². The first-order valence-electron chi connectivity index (χ1n) is 8.14. The van der Waals surface area contributed by atoms with Gasteiger partial charge in [0.05, 0.1) is 16.6 Å². The third kappa shape index (κ3) is 3.94. The van der Waals surface area contributed by atoms with Gasteiger partial charge in [0, 0.05) is 11.1 Å². The van der Waals surface area contributed by atoms with Crippen molar-refractivity contribution in [3.8, 4) is 22.5 Å². The Bertz CT molecular complexity index is 819. The van der Waals surface area contributed by atoms with Crippen LogP contribution >= 0.6 is 11.8 Å². The van der Waals surface area contributed by atoms with Gasteiger partial charge in [0.25, 0.3) is 0 Å². The van der Waals surface area contributed by atoms with Crippen molar-refractivity contribution in [2.24, 2.45) is 5.73 Å². The largest absolute Gasteiger partial charge is 0.369 e. The van der Waals surface area contributed by atoms with Crippen LogP contribution in [0.15, 0.2) is 53.7 Å². The summed E-state index contributed by atoms with van der Waals surface area (Å²) in [6.45, 7) is 5.91. The molecule has 0 saturated carbocycles. The fourth-order valence-corrected chi connectivity index (χ4v) is 3.24. The number of H-pyrrole nitrogens is 1. The zero-order chi connectivity index (χ0) is 18.0. The van der Waals surface area contributed by atoms with Crippen molar-refractivity contribution >= 4 is 17.7 Å². The molecule has 0 aliphatic heterocycles. The number of amides is 1. The first-order valence-corrected chi connectivity index (χ1v) is 9.02. The summed E-state index contributed by atoms with van der Waals surface area (Å²) in [6, 6.07) is 16.6. The molecule has 5 heteroatoms. The zero-order valence-corrected chi connectivity index (χ0v) is 15.4. The number of benzene rings is 2. The third-order valence-electron chi connectivity index (χ3n) is 4.04. The van der Waals surface area contributed by atoms with Crippen molar-refractivity contribution in [1.29, 1.82) is 0 Å². The van der Waals surface area contributed by atoms with E-state index in [2.05, 4.69) is 67.4 Å². The number of nitrogens with zero attached hydrogens (tertiary/aromatic N) is 1. The van der Waals surface area contributed by atoms with Crippen LogP contribution in [0.3, 0.4) is 0 Å². The minimum atomic E-state index is -0.352. The van der Waals surface area contributed by atoms with Crippen LogP contribution < -0.4 is 5.73 Å². The number of nitrogens with one attached hydrogen (secondary N) is 1. The van der Waals surface area contributed by atoms with Crippen LogP contribution in [0.5, 0.6) is 0 Å². The van der Waals surface area contributed by atoms with Gasteiger partial charge < -0.3 is 10.7 Å². The Kier molecular flexibility index (Phi) is 4.95. The summed E-state index contributed by atoms with van der Waals surface area (Å²) in [6.07, 6.45) is 0. The van der Waals surface area contributed by atoms with Gasteiger partial charge in [-0.25, -0.2) is 4.98 Å². The van der Waals surface area contributed by atoms with Gasteiger partial charge in [0.15, 0.2) is 5.16 Å². The number of hydrogen-bond acceptors (Lipinski definition) is 3. The lowest BCUT2D eigenvalue weighted by molar-refractivity contribution is -0.117. The number of rotatable bonds is 5. The summed E-state index contributed by atoms with van der Waals surface area (Å²) in [5.41, 5.74) is 11.7. The van der Waals surface area contributed by atoms with Crippen molar-refractivity contribution < 1.29 is 4.79 Å². The van der Waals surface area contributed by atoms with Gasteiger partial charge in [-0.05, 0) is 20.8 Å². The molecule has 1 heterocycles. The van der Waals surface area contributed by atoms with E-state index in [1.165, 1.54) is 22.9 Å². The molecule has 0 fully saturated rings. The zero-order valence-electron chi connectivity index (χ0n) is 14.5. The second-order valence-electron chi connectivity index (χ2n) is 6.16. The lowest BCUT2D eigenvalue weighted by Crippen LogP contribution is -2.22. The lowest BCUT2D eigenvalue weighted by Gasteiger charge is -2.04. The van der Waals surface area contributed by atoms with E-state index in [9.17, 15) is 4.79 Å². The maximum absolute atomic E-state index is 11.4. The first-order chi connectivity index (χ1) is 11.9. The Morgan fingerprint density at radius 1 is 1.00 bits per heavy atom. The second-order valence-corrected chi connectivity index (χ2v) is 7.49. The molecule has 0 bridgehead atoms. The maximum Gasteiger partial charge on any atom is 0.230 e. The van der Waals surface area contributed by atoms with E-state index in [0.29, 0.717) is 5.16 Å². The Balaban J connectivity index is 2.07. The number of nitrogens with two attached hydrogens (primary N) is 1. The van der Waals surface area contributed by atoms with Gasteiger partial charge in [-0.15, -0.1) is 0 Å². The van der Waals surface area contributed by atoms with Gasteiger partial charge in [0.1, 0.15) is 0 Å². The van der Waals surface area contributed by atoms with E-state index in [0.717, 1.165) is 22.5 Å². The van der Waals surface area contributed by atoms with Gasteiger partial charge in [-0.2, -0.15) is 0 Å². The number of thioether (sulfide) groups is 1. The highest BCUT2D eigenvalue weighted by Gasteiger charge is 2.18. The summed E-state index contributed by atoms with van der Waals surface area (Å²) in [5.74, 6) is -0.352. The smallest absolute Gasteiger partial charge is 0.230 e. The van der Waals surface area contributed by atoms with E-state index >= 15 is 0 Å². The number of aromatic nitrogens is 2. The van der Waals surface area contributed by atoms with Gasteiger partial charge >= 0.3 is 0 Å². The molecule has 0 saturated heterocycles. The van der Waals surface area contributed by atoms with E-state index in [-0.39, 0.29) is 11.2 Å². The van der Waals surface area contributed by atoms with Crippen molar-refractivity contribution in [3.63, 3.8) is 0 Å². The van der Waals surface area contributed by atoms with Gasteiger partial charge in [0.2, 0.25) is 5.91 Å². The number of aryl methyl sites for hydroxylation is 2. The fraction of sp³-hybridized carbons (Fsp3) is 0.200. The van der Waals surface area contributed by atoms with Crippen molar-refractivity contribution in [2.75, 3.05) is 0 Å². The highest BCUT2D eigenvalue weighted by Crippen LogP contribution is 2.34. The van der Waals surface area contributed by atoms with Crippen molar-refractivity contribution in [3.05, 3.63) is 59.7 Å². The Labute approximate surface area is 151 Å². The average molecular weight is 351 g/mol. The minimum Gasteiger partial charge on any atom is -0.369 e. The molecule has 0 spiro atoms. The molecule has 3 aromatic rings. The molecule has 2 aromatic carbocycles. The van der Waals surface area contributed by atoms with Crippen molar-refractivity contribution in [1.82, 2.24) is 9.97 Å². The van der Waals surface area contributed by atoms with E-state index in [4.69, 9.17) is 10.7 Å². The summed E-state index contributed by atoms with van der Waals surface area (Å²) in [4.78, 5) is 19.5. The molecule has 3 rings (SSSR count). The molecule has 0 unspecified atom stereocenters. The summed E-state index contributed by atoms with van der Waals surface area (Å²) in [5, 5.41) is 0.348. The van der Waals surface area contributed by atoms with Gasteiger partial charge in [-0.1, -0.05) is 71.4 Å². The van der Waals surface area contributed by atoms with Crippen LogP contribution in [0.2, 0.25) is 0 Å². The molecule has 1 aromatic heterocycles. The summed E-state index contributed by atoms with van der Waals surface area (Å²) in [7, 11) is 0. The highest BCUT2D eigenvalue weighted by molar-refractivity contribution is 8.00. The normalized spacial score (nSPS) is 12.1. The Morgan fingerprint density at radius 3 is 2.04 bits per heavy atom. The Morgan fingerprint density at radius 2 is 1.52 bits per heavy atom. The molecule has 3 N–H and O–H groups in total. The highest BCUT2D eigenvalue weighted by atomic mass is 32.2. The predicted octanol–water partition coefficient (Wildman–Crippen LogP) is 4.33. The standard InChI is InChI=1S/C20H21N3OS/c1-12-4-8-15(9-5-12)17-18(16-10-6-13(2)7-11-16)23-20(22-17)25-14(3)19(21)24/h4-11,14H,1-3H3,(H2,21,24)(H,22,23)/t14-/m0/s1. The monoisotopic (exact) mass is 351 g/mol. The number of carbonyl (C=O) groups excluding carboxylic acids is 1. The number of hydrogen-bond donors (Lipinski definition) is 2. The topological polar surface area (TPSA) is 71.8 Å². The molecule has 1 atom stereocenters. The molecule has 1 amide bonds. The van der Waals surface area contributed by atoms with Crippen LogP contribution in [-0.4, -0.2) is 21.1 Å². The lowest BCUT2D eigenvalue weighted by atomic mass is 10.0. The second kappa shape index (κ2) is 7.15. The minimum absolute atomic E-state index is 0.345. The van der Waals surface area contributed by atoms with Crippen molar-refractivity contribution in [2.45, 2.75) is 31.2 Å². The quantitative estimate of drug-likeness (QED) is 0.672. The SMILES string of the molecule is Cc1ccc(-c2nc(S[C@@H](C)C(N)=O)[nH]c2-c2ccc(C)cc2)cc1. The Hall–Kier alpha value is -2.53. The van der Waals surface area contributed by atoms with E-state index < -0.39 is 0 Å². The molecule has 4 nitrogen and oxygen atoms in total. The van der Waals surface area contributed by atoms with E-state index in [1.54, 1.807) is 6.92 Å². The van der Waals surface area contributed by atoms with Crippen LogP contribution in [0.1, 0.15) is 18.1 Å². The van der Waals surface area contributed by atoms with Crippen LogP contribution in [0.25, 0.3) is 22.5 Å². The average Bonchev–Trinajstić information content (AvgIpc) is 3.00. The maximum atomic E-state index is 11.4. The summed E-state index contributed by atoms with van der Waals surface area (Å²) < 4.78 is 0. The van der Waals surface area contributed by atoms with Gasteiger partial charge in [-0.3, -0.25) is 4.79 Å². The van der Waals surface area contributed by atoms with Crippen LogP contribution in [-0.2, 0) is 4.79 Å². The fourth-order valence-electron chi connectivity index (χ4n) is 2.48. The molecule has 128 valence electrons. The van der Waals surface area contributed by atoms with E-state index in [1.807, 2.05) is 0 Å². The van der Waals surface area contributed by atoms with Crippen LogP contribution in [0, 0.1) is 13.8 Å². The third-order valence-corrected chi connectivity index (χ3v) is 5.04. The molecule has 0 radical (unpaired) electrons. The number of carbonyl (C=O) groups is 1.